The molecule has 0 aliphatic carbocycles. The summed E-state index contributed by atoms with van der Waals surface area (Å²) in [6.07, 6.45) is -0.994. The van der Waals surface area contributed by atoms with Crippen LogP contribution in [0.15, 0.2) is 66.0 Å². The first-order valence-corrected chi connectivity index (χ1v) is 10.8. The number of nitrogens with zero attached hydrogens (tertiary/aromatic N) is 3. The Morgan fingerprint density at radius 1 is 1.03 bits per heavy atom. The van der Waals surface area contributed by atoms with Crippen LogP contribution in [-0.4, -0.2) is 45.6 Å². The number of aromatic nitrogens is 2. The smallest absolute Gasteiger partial charge is 0.406 e. The Kier molecular flexibility index (Phi) is 6.22. The molecule has 162 valence electrons. The van der Waals surface area contributed by atoms with Crippen molar-refractivity contribution < 1.29 is 22.7 Å². The monoisotopic (exact) mass is 447 g/mol. The molecule has 5 nitrogen and oxygen atoms in total. The van der Waals surface area contributed by atoms with E-state index >= 15 is 0 Å². The van der Waals surface area contributed by atoms with Crippen LogP contribution in [0.1, 0.15) is 12.8 Å². The Labute approximate surface area is 181 Å². The maximum atomic E-state index is 12.5. The number of carbonyl (C=O) groups is 1. The van der Waals surface area contributed by atoms with Gasteiger partial charge in [0.2, 0.25) is 5.91 Å². The highest BCUT2D eigenvalue weighted by Gasteiger charge is 2.31. The minimum atomic E-state index is -4.75. The molecule has 3 aromatic rings. The zero-order valence-corrected chi connectivity index (χ0v) is 17.3. The van der Waals surface area contributed by atoms with Gasteiger partial charge in [-0.1, -0.05) is 42.1 Å². The summed E-state index contributed by atoms with van der Waals surface area (Å²) in [5.41, 5.74) is 2.31. The second-order valence-corrected chi connectivity index (χ2v) is 7.99. The molecule has 0 unspecified atom stereocenters. The Balaban J connectivity index is 1.63. The van der Waals surface area contributed by atoms with Crippen LogP contribution in [-0.2, 0) is 4.79 Å². The number of imidazole rings is 1. The summed E-state index contributed by atoms with van der Waals surface area (Å²) in [4.78, 5) is 18.8. The van der Waals surface area contributed by atoms with Gasteiger partial charge in [-0.3, -0.25) is 9.36 Å². The van der Waals surface area contributed by atoms with Gasteiger partial charge < -0.3 is 9.64 Å². The van der Waals surface area contributed by atoms with Crippen LogP contribution in [0.2, 0.25) is 0 Å². The van der Waals surface area contributed by atoms with Crippen LogP contribution < -0.4 is 4.74 Å². The molecule has 9 heteroatoms. The van der Waals surface area contributed by atoms with Gasteiger partial charge in [0.05, 0.1) is 17.6 Å². The molecule has 0 bridgehead atoms. The van der Waals surface area contributed by atoms with Crippen molar-refractivity contribution in [3.8, 4) is 22.7 Å². The van der Waals surface area contributed by atoms with Gasteiger partial charge in [-0.15, -0.1) is 13.2 Å². The lowest BCUT2D eigenvalue weighted by Crippen LogP contribution is -2.29. The van der Waals surface area contributed by atoms with Gasteiger partial charge >= 0.3 is 6.36 Å². The molecule has 2 aromatic carbocycles. The fourth-order valence-corrected chi connectivity index (χ4v) is 4.37. The molecular formula is C22H20F3N3O2S. The number of hydrogen-bond acceptors (Lipinski definition) is 4. The van der Waals surface area contributed by atoms with Gasteiger partial charge in [0.15, 0.2) is 5.16 Å². The Morgan fingerprint density at radius 2 is 1.71 bits per heavy atom. The van der Waals surface area contributed by atoms with Crippen LogP contribution >= 0.6 is 11.8 Å². The highest BCUT2D eigenvalue weighted by atomic mass is 32.2. The van der Waals surface area contributed by atoms with Gasteiger partial charge in [0, 0.05) is 24.3 Å². The van der Waals surface area contributed by atoms with E-state index in [1.165, 1.54) is 23.9 Å². The van der Waals surface area contributed by atoms with Gasteiger partial charge in [0.25, 0.3) is 0 Å². The van der Waals surface area contributed by atoms with E-state index in [-0.39, 0.29) is 17.4 Å². The van der Waals surface area contributed by atoms with Crippen LogP contribution in [0, 0.1) is 0 Å². The quantitative estimate of drug-likeness (QED) is 0.490. The molecule has 2 heterocycles. The number of thioether (sulfide) groups is 1. The summed E-state index contributed by atoms with van der Waals surface area (Å²) < 4.78 is 43.3. The fourth-order valence-electron chi connectivity index (χ4n) is 3.48. The normalized spacial score (nSPS) is 14.1. The highest BCUT2D eigenvalue weighted by molar-refractivity contribution is 7.99. The lowest BCUT2D eigenvalue weighted by Gasteiger charge is -2.16. The lowest BCUT2D eigenvalue weighted by molar-refractivity contribution is -0.274. The molecule has 0 N–H and O–H groups in total. The van der Waals surface area contributed by atoms with Crippen molar-refractivity contribution >= 4 is 17.7 Å². The maximum Gasteiger partial charge on any atom is 0.573 e. The minimum Gasteiger partial charge on any atom is -0.406 e. The fraction of sp³-hybridized carbons (Fsp3) is 0.273. The van der Waals surface area contributed by atoms with E-state index in [9.17, 15) is 18.0 Å². The van der Waals surface area contributed by atoms with Crippen LogP contribution in [0.3, 0.4) is 0 Å². The Morgan fingerprint density at radius 3 is 2.35 bits per heavy atom. The molecule has 31 heavy (non-hydrogen) atoms. The number of alkyl halides is 3. The molecule has 1 saturated heterocycles. The van der Waals surface area contributed by atoms with Gasteiger partial charge in [0.1, 0.15) is 5.75 Å². The molecule has 1 amide bonds. The van der Waals surface area contributed by atoms with Crippen molar-refractivity contribution in [1.82, 2.24) is 14.5 Å². The summed E-state index contributed by atoms with van der Waals surface area (Å²) in [5.74, 6) is 0.0174. The van der Waals surface area contributed by atoms with Crippen LogP contribution in [0.25, 0.3) is 16.9 Å². The lowest BCUT2D eigenvalue weighted by atomic mass is 10.1. The predicted molar refractivity (Wildman–Crippen MR) is 112 cm³/mol. The van der Waals surface area contributed by atoms with E-state index < -0.39 is 6.36 Å². The van der Waals surface area contributed by atoms with Crippen molar-refractivity contribution in [2.45, 2.75) is 24.4 Å². The largest absolute Gasteiger partial charge is 0.573 e. The summed E-state index contributed by atoms with van der Waals surface area (Å²) in [5, 5.41) is 0.593. The number of carbonyl (C=O) groups excluding carboxylic acids is 1. The Bertz CT molecular complexity index is 1030. The zero-order valence-electron chi connectivity index (χ0n) is 16.5. The summed E-state index contributed by atoms with van der Waals surface area (Å²) in [6, 6.07) is 15.2. The van der Waals surface area contributed by atoms with E-state index in [1.807, 2.05) is 39.8 Å². The van der Waals surface area contributed by atoms with Crippen LogP contribution in [0.4, 0.5) is 13.2 Å². The van der Waals surface area contributed by atoms with Crippen LogP contribution in [0.5, 0.6) is 5.75 Å². The average molecular weight is 447 g/mol. The molecular weight excluding hydrogens is 427 g/mol. The second-order valence-electron chi connectivity index (χ2n) is 7.05. The second kappa shape index (κ2) is 9.05. The number of benzene rings is 2. The maximum absolute atomic E-state index is 12.5. The molecule has 1 aliphatic heterocycles. The highest BCUT2D eigenvalue weighted by Crippen LogP contribution is 2.31. The summed E-state index contributed by atoms with van der Waals surface area (Å²) in [6.45, 7) is 1.56. The summed E-state index contributed by atoms with van der Waals surface area (Å²) >= 11 is 1.32. The number of likely N-dealkylation sites (tertiary alicyclic amines) is 1. The topological polar surface area (TPSA) is 47.4 Å². The number of rotatable bonds is 6. The van der Waals surface area contributed by atoms with Crippen molar-refractivity contribution in [3.05, 3.63) is 60.8 Å². The number of halogens is 3. The molecule has 1 fully saturated rings. The van der Waals surface area contributed by atoms with E-state index in [0.717, 1.165) is 37.2 Å². The molecule has 4 rings (SSSR count). The SMILES string of the molecule is O=C(CSc1ncc(-c2ccccc2)n1-c1ccc(OC(F)(F)F)cc1)N1CCCC1. The van der Waals surface area contributed by atoms with E-state index in [0.29, 0.717) is 10.8 Å². The first-order valence-electron chi connectivity index (χ1n) is 9.81. The molecule has 1 aliphatic rings. The van der Waals surface area contributed by atoms with Crippen molar-refractivity contribution in [2.24, 2.45) is 0 Å². The zero-order chi connectivity index (χ0) is 21.8. The number of amides is 1. The van der Waals surface area contributed by atoms with Crippen molar-refractivity contribution in [1.29, 1.82) is 0 Å². The third-order valence-electron chi connectivity index (χ3n) is 4.91. The predicted octanol–water partition coefficient (Wildman–Crippen LogP) is 5.15. The van der Waals surface area contributed by atoms with Gasteiger partial charge in [-0.25, -0.2) is 4.98 Å². The standard InChI is InChI=1S/C22H20F3N3O2S/c23-22(24,25)30-18-10-8-17(9-11-18)28-19(16-6-2-1-3-7-16)14-26-21(28)31-15-20(29)27-12-4-5-13-27/h1-3,6-11,14H,4-5,12-13,15H2. The third-order valence-corrected chi connectivity index (χ3v) is 5.85. The summed E-state index contributed by atoms with van der Waals surface area (Å²) in [7, 11) is 0. The molecule has 0 spiro atoms. The molecule has 0 radical (unpaired) electrons. The molecule has 0 atom stereocenters. The first kappa shape index (κ1) is 21.3. The van der Waals surface area contributed by atoms with E-state index in [4.69, 9.17) is 0 Å². The van der Waals surface area contributed by atoms with Gasteiger partial charge in [-0.05, 0) is 37.1 Å². The molecule has 1 aromatic heterocycles. The minimum absolute atomic E-state index is 0.0623. The van der Waals surface area contributed by atoms with E-state index in [1.54, 1.807) is 18.3 Å². The van der Waals surface area contributed by atoms with Crippen molar-refractivity contribution in [2.75, 3.05) is 18.8 Å². The average Bonchev–Trinajstić information content (AvgIpc) is 3.42. The van der Waals surface area contributed by atoms with Crippen molar-refractivity contribution in [3.63, 3.8) is 0 Å². The molecule has 0 saturated carbocycles. The third kappa shape index (κ3) is 5.22. The Hall–Kier alpha value is -2.94. The number of ether oxygens (including phenoxy) is 1. The van der Waals surface area contributed by atoms with Gasteiger partial charge in [-0.2, -0.15) is 0 Å². The first-order chi connectivity index (χ1) is 14.9. The number of hydrogen-bond donors (Lipinski definition) is 0. The van der Waals surface area contributed by atoms with E-state index in [2.05, 4.69) is 9.72 Å².